The molecule has 2 N–H and O–H groups in total. The summed E-state index contributed by atoms with van der Waals surface area (Å²) >= 11 is 0. The number of hydrogen-bond acceptors (Lipinski definition) is 3. The minimum atomic E-state index is -0.317. The van der Waals surface area contributed by atoms with E-state index in [4.69, 9.17) is 0 Å². The van der Waals surface area contributed by atoms with Crippen molar-refractivity contribution in [2.24, 2.45) is 0 Å². The van der Waals surface area contributed by atoms with Gasteiger partial charge in [-0.15, -0.1) is 0 Å². The van der Waals surface area contributed by atoms with Gasteiger partial charge >= 0.3 is 0 Å². The van der Waals surface area contributed by atoms with Crippen molar-refractivity contribution in [3.8, 4) is 0 Å². The molecule has 20 heavy (non-hydrogen) atoms. The molecule has 2 rings (SSSR count). The van der Waals surface area contributed by atoms with Crippen molar-refractivity contribution in [2.45, 2.75) is 44.2 Å². The van der Waals surface area contributed by atoms with Crippen LogP contribution >= 0.6 is 0 Å². The SMILES string of the molecule is CCCN(CCC(CO)(NC)c1ccccc1)C1CC1. The van der Waals surface area contributed by atoms with Gasteiger partial charge in [0, 0.05) is 12.6 Å². The van der Waals surface area contributed by atoms with Crippen LogP contribution < -0.4 is 5.32 Å². The molecular weight excluding hydrogens is 248 g/mol. The van der Waals surface area contributed by atoms with Crippen molar-refractivity contribution in [3.05, 3.63) is 35.9 Å². The van der Waals surface area contributed by atoms with Gasteiger partial charge in [0.15, 0.2) is 0 Å². The first-order chi connectivity index (χ1) is 9.75. The summed E-state index contributed by atoms with van der Waals surface area (Å²) in [6.07, 6.45) is 4.84. The second-order valence-corrected chi connectivity index (χ2v) is 5.87. The van der Waals surface area contributed by atoms with Crippen molar-refractivity contribution >= 4 is 0 Å². The Kier molecular flexibility index (Phi) is 5.58. The van der Waals surface area contributed by atoms with E-state index in [1.165, 1.54) is 31.4 Å². The monoisotopic (exact) mass is 276 g/mol. The lowest BCUT2D eigenvalue weighted by atomic mass is 9.87. The molecule has 1 aliphatic carbocycles. The Hall–Kier alpha value is -0.900. The Morgan fingerprint density at radius 3 is 2.45 bits per heavy atom. The maximum atomic E-state index is 9.95. The molecule has 1 saturated carbocycles. The molecule has 1 aromatic carbocycles. The summed E-state index contributed by atoms with van der Waals surface area (Å²) in [5.41, 5.74) is 0.861. The first-order valence-corrected chi connectivity index (χ1v) is 7.85. The summed E-state index contributed by atoms with van der Waals surface area (Å²) < 4.78 is 0. The van der Waals surface area contributed by atoms with Crippen LogP contribution in [-0.2, 0) is 5.54 Å². The van der Waals surface area contributed by atoms with Crippen LogP contribution in [0.3, 0.4) is 0 Å². The van der Waals surface area contributed by atoms with Gasteiger partial charge in [-0.3, -0.25) is 0 Å². The van der Waals surface area contributed by atoms with Crippen molar-refractivity contribution in [2.75, 3.05) is 26.7 Å². The minimum Gasteiger partial charge on any atom is -0.394 e. The summed E-state index contributed by atoms with van der Waals surface area (Å²) in [5, 5.41) is 13.3. The van der Waals surface area contributed by atoms with E-state index < -0.39 is 0 Å². The van der Waals surface area contributed by atoms with Gasteiger partial charge in [0.2, 0.25) is 0 Å². The van der Waals surface area contributed by atoms with Gasteiger partial charge in [-0.25, -0.2) is 0 Å². The van der Waals surface area contributed by atoms with Gasteiger partial charge < -0.3 is 15.3 Å². The summed E-state index contributed by atoms with van der Waals surface area (Å²) in [6.45, 7) is 4.60. The number of hydrogen-bond donors (Lipinski definition) is 2. The predicted octanol–water partition coefficient (Wildman–Crippen LogP) is 2.36. The average Bonchev–Trinajstić information content (AvgIpc) is 3.33. The fourth-order valence-corrected chi connectivity index (χ4v) is 2.96. The first-order valence-electron chi connectivity index (χ1n) is 7.85. The summed E-state index contributed by atoms with van der Waals surface area (Å²) in [7, 11) is 1.95. The standard InChI is InChI=1S/C17H28N2O/c1-3-12-19(16-9-10-16)13-11-17(14-20,18-2)15-7-5-4-6-8-15/h4-8,16,18,20H,3,9-14H2,1-2H3. The molecule has 0 aliphatic heterocycles. The first kappa shape index (κ1) is 15.5. The Morgan fingerprint density at radius 2 is 1.95 bits per heavy atom. The lowest BCUT2D eigenvalue weighted by molar-refractivity contribution is 0.136. The van der Waals surface area contributed by atoms with Crippen molar-refractivity contribution in [3.63, 3.8) is 0 Å². The highest BCUT2D eigenvalue weighted by Gasteiger charge is 2.33. The van der Waals surface area contributed by atoms with Crippen LogP contribution in [0, 0.1) is 0 Å². The van der Waals surface area contributed by atoms with Gasteiger partial charge in [0.05, 0.1) is 12.1 Å². The fourth-order valence-electron chi connectivity index (χ4n) is 2.96. The quantitative estimate of drug-likeness (QED) is 0.727. The molecule has 0 spiro atoms. The van der Waals surface area contributed by atoms with Crippen LogP contribution in [0.4, 0.5) is 0 Å². The number of nitrogens with one attached hydrogen (secondary N) is 1. The Morgan fingerprint density at radius 1 is 1.25 bits per heavy atom. The molecule has 1 unspecified atom stereocenters. The van der Waals surface area contributed by atoms with Crippen molar-refractivity contribution in [1.82, 2.24) is 10.2 Å². The van der Waals surface area contributed by atoms with Crippen LogP contribution in [0.5, 0.6) is 0 Å². The summed E-state index contributed by atoms with van der Waals surface area (Å²) in [5.74, 6) is 0. The Bertz CT molecular complexity index is 385. The fraction of sp³-hybridized carbons (Fsp3) is 0.647. The highest BCUT2D eigenvalue weighted by Crippen LogP contribution is 2.30. The van der Waals surface area contributed by atoms with E-state index in [9.17, 15) is 5.11 Å². The smallest absolute Gasteiger partial charge is 0.0678 e. The Labute approximate surface area is 123 Å². The number of rotatable bonds is 9. The molecule has 3 nitrogen and oxygen atoms in total. The number of likely N-dealkylation sites (N-methyl/N-ethyl adjacent to an activating group) is 1. The molecule has 1 aliphatic rings. The van der Waals surface area contributed by atoms with Crippen molar-refractivity contribution in [1.29, 1.82) is 0 Å². The van der Waals surface area contributed by atoms with Crippen LogP contribution in [0.2, 0.25) is 0 Å². The largest absolute Gasteiger partial charge is 0.394 e. The number of aliphatic hydroxyl groups is 1. The average molecular weight is 276 g/mol. The van der Waals surface area contributed by atoms with E-state index >= 15 is 0 Å². The van der Waals surface area contributed by atoms with Gasteiger partial charge in [-0.2, -0.15) is 0 Å². The van der Waals surface area contributed by atoms with Crippen molar-refractivity contribution < 1.29 is 5.11 Å². The van der Waals surface area contributed by atoms with E-state index in [1.807, 2.05) is 25.2 Å². The lowest BCUT2D eigenvalue weighted by Crippen LogP contribution is -2.46. The molecule has 3 heteroatoms. The third-order valence-electron chi connectivity index (χ3n) is 4.47. The zero-order chi connectivity index (χ0) is 14.4. The molecule has 0 amide bonds. The second kappa shape index (κ2) is 7.21. The van der Waals surface area contributed by atoms with Crippen LogP contribution in [0.1, 0.15) is 38.2 Å². The van der Waals surface area contributed by atoms with Crippen LogP contribution in [-0.4, -0.2) is 42.8 Å². The third kappa shape index (κ3) is 3.60. The van der Waals surface area contributed by atoms with Gasteiger partial charge in [-0.1, -0.05) is 37.3 Å². The molecule has 0 saturated heterocycles. The highest BCUT2D eigenvalue weighted by atomic mass is 16.3. The van der Waals surface area contributed by atoms with E-state index in [2.05, 4.69) is 29.3 Å². The molecule has 0 heterocycles. The molecule has 0 radical (unpaired) electrons. The summed E-state index contributed by atoms with van der Waals surface area (Å²) in [4.78, 5) is 2.59. The minimum absolute atomic E-state index is 0.137. The van der Waals surface area contributed by atoms with Gasteiger partial charge in [0.25, 0.3) is 0 Å². The normalized spacial score (nSPS) is 18.2. The van der Waals surface area contributed by atoms with Crippen LogP contribution in [0.25, 0.3) is 0 Å². The van der Waals surface area contributed by atoms with Gasteiger partial charge in [0.1, 0.15) is 0 Å². The molecule has 1 atom stereocenters. The zero-order valence-electron chi connectivity index (χ0n) is 12.8. The topological polar surface area (TPSA) is 35.5 Å². The van der Waals surface area contributed by atoms with E-state index in [1.54, 1.807) is 0 Å². The van der Waals surface area contributed by atoms with Gasteiger partial charge in [-0.05, 0) is 44.8 Å². The number of benzene rings is 1. The molecule has 0 bridgehead atoms. The number of aliphatic hydroxyl groups excluding tert-OH is 1. The van der Waals surface area contributed by atoms with E-state index in [-0.39, 0.29) is 12.1 Å². The number of nitrogens with zero attached hydrogens (tertiary/aromatic N) is 1. The van der Waals surface area contributed by atoms with Crippen LogP contribution in [0.15, 0.2) is 30.3 Å². The molecule has 1 aromatic rings. The summed E-state index contributed by atoms with van der Waals surface area (Å²) in [6, 6.07) is 11.1. The van der Waals surface area contributed by atoms with E-state index in [0.29, 0.717) is 0 Å². The van der Waals surface area contributed by atoms with E-state index in [0.717, 1.165) is 19.0 Å². The molecule has 1 fully saturated rings. The maximum absolute atomic E-state index is 9.95. The highest BCUT2D eigenvalue weighted by molar-refractivity contribution is 5.24. The maximum Gasteiger partial charge on any atom is 0.0678 e. The Balaban J connectivity index is 2.05. The second-order valence-electron chi connectivity index (χ2n) is 5.87. The third-order valence-corrected chi connectivity index (χ3v) is 4.47. The predicted molar refractivity (Wildman–Crippen MR) is 83.8 cm³/mol. The molecule has 0 aromatic heterocycles. The zero-order valence-corrected chi connectivity index (χ0v) is 12.8. The lowest BCUT2D eigenvalue weighted by Gasteiger charge is -2.35. The molecule has 112 valence electrons. The molecular formula is C17H28N2O.